The van der Waals surface area contributed by atoms with Crippen LogP contribution in [0.4, 0.5) is 10.5 Å². The van der Waals surface area contributed by atoms with Crippen molar-refractivity contribution in [2.24, 2.45) is 5.92 Å². The Morgan fingerprint density at radius 1 is 1.05 bits per heavy atom. The lowest BCUT2D eigenvalue weighted by Gasteiger charge is -2.35. The molecule has 2 atom stereocenters. The molecular formula is C35H50ClN3O4. The topological polar surface area (TPSA) is 87.7 Å². The first-order valence-electron chi connectivity index (χ1n) is 15.4. The molecule has 7 nitrogen and oxygen atoms in total. The van der Waals surface area contributed by atoms with Gasteiger partial charge in [-0.2, -0.15) is 0 Å². The molecule has 0 radical (unpaired) electrons. The molecule has 2 unspecified atom stereocenters. The molecule has 0 heterocycles. The van der Waals surface area contributed by atoms with Crippen LogP contribution < -0.4 is 10.6 Å². The van der Waals surface area contributed by atoms with Gasteiger partial charge in [0.25, 0.3) is 5.91 Å². The lowest BCUT2D eigenvalue weighted by molar-refractivity contribution is -0.141. The lowest BCUT2D eigenvalue weighted by atomic mass is 9.97. The van der Waals surface area contributed by atoms with Gasteiger partial charge in [0.15, 0.2) is 0 Å². The van der Waals surface area contributed by atoms with E-state index in [1.807, 2.05) is 57.2 Å². The van der Waals surface area contributed by atoms with Crippen LogP contribution in [0.15, 0.2) is 49.0 Å². The third-order valence-corrected chi connectivity index (χ3v) is 7.29. The number of aryl methyl sites for hydroxylation is 1. The van der Waals surface area contributed by atoms with E-state index in [-0.39, 0.29) is 17.7 Å². The minimum absolute atomic E-state index is 0.0948. The van der Waals surface area contributed by atoms with Crippen LogP contribution in [0.3, 0.4) is 0 Å². The Bertz CT molecular complexity index is 1220. The van der Waals surface area contributed by atoms with Gasteiger partial charge in [0.1, 0.15) is 17.7 Å². The van der Waals surface area contributed by atoms with Crippen LogP contribution >= 0.6 is 11.6 Å². The predicted octanol–water partition coefficient (Wildman–Crippen LogP) is 8.71. The molecule has 8 heteroatoms. The average Bonchev–Trinajstić information content (AvgIpc) is 2.92. The van der Waals surface area contributed by atoms with E-state index >= 15 is 0 Å². The Morgan fingerprint density at radius 2 is 1.72 bits per heavy atom. The zero-order chi connectivity index (χ0) is 32.2. The van der Waals surface area contributed by atoms with Crippen molar-refractivity contribution in [3.8, 4) is 0 Å². The maximum atomic E-state index is 14.5. The third-order valence-electron chi connectivity index (χ3n) is 6.97. The molecule has 2 N–H and O–H groups in total. The molecule has 0 saturated heterocycles. The maximum absolute atomic E-state index is 14.5. The zero-order valence-electron chi connectivity index (χ0n) is 27.0. The fourth-order valence-corrected chi connectivity index (χ4v) is 5.17. The highest BCUT2D eigenvalue weighted by Crippen LogP contribution is 2.30. The number of unbranched alkanes of at least 4 members (excludes halogenated alkanes) is 4. The molecule has 2 aromatic carbocycles. The van der Waals surface area contributed by atoms with Gasteiger partial charge in [0.2, 0.25) is 5.91 Å². The van der Waals surface area contributed by atoms with E-state index in [4.69, 9.17) is 16.3 Å². The van der Waals surface area contributed by atoms with E-state index in [1.54, 1.807) is 37.8 Å². The van der Waals surface area contributed by atoms with Crippen molar-refractivity contribution < 1.29 is 19.1 Å². The summed E-state index contributed by atoms with van der Waals surface area (Å²) in [5, 5.41) is 6.23. The SMILES string of the molecule is C=Cc1cccc(C(C(=O)Nc2c(C)cccc2Cl)N(CCCCCCC)C(=O)C(CC(C)C)NC(=O)OC(C)(C)C)c1. The van der Waals surface area contributed by atoms with Crippen LogP contribution in [-0.2, 0) is 14.3 Å². The molecule has 2 rings (SSSR count). The summed E-state index contributed by atoms with van der Waals surface area (Å²) in [5.74, 6) is -0.632. The molecule has 43 heavy (non-hydrogen) atoms. The number of benzene rings is 2. The Balaban J connectivity index is 2.61. The number of hydrogen-bond acceptors (Lipinski definition) is 4. The first-order valence-corrected chi connectivity index (χ1v) is 15.7. The van der Waals surface area contributed by atoms with Crippen LogP contribution in [0.5, 0.6) is 0 Å². The highest BCUT2D eigenvalue weighted by atomic mass is 35.5. The Labute approximate surface area is 263 Å². The quantitative estimate of drug-likeness (QED) is 0.197. The van der Waals surface area contributed by atoms with Gasteiger partial charge < -0.3 is 20.3 Å². The van der Waals surface area contributed by atoms with Crippen molar-refractivity contribution in [3.05, 3.63) is 70.8 Å². The molecular weight excluding hydrogens is 562 g/mol. The van der Waals surface area contributed by atoms with E-state index in [0.717, 1.165) is 36.8 Å². The van der Waals surface area contributed by atoms with Gasteiger partial charge in [-0.3, -0.25) is 9.59 Å². The predicted molar refractivity (Wildman–Crippen MR) is 177 cm³/mol. The number of carbonyl (C=O) groups is 3. The monoisotopic (exact) mass is 611 g/mol. The van der Waals surface area contributed by atoms with Crippen molar-refractivity contribution in [3.63, 3.8) is 0 Å². The normalized spacial score (nSPS) is 12.8. The number of alkyl carbamates (subject to hydrolysis) is 1. The highest BCUT2D eigenvalue weighted by molar-refractivity contribution is 6.34. The Morgan fingerprint density at radius 3 is 2.33 bits per heavy atom. The summed E-state index contributed by atoms with van der Waals surface area (Å²) in [6, 6.07) is 11.0. The number of amides is 3. The number of rotatable bonds is 15. The molecule has 0 spiro atoms. The molecule has 236 valence electrons. The third kappa shape index (κ3) is 11.7. The number of hydrogen-bond donors (Lipinski definition) is 2. The molecule has 0 aromatic heterocycles. The second kappa shape index (κ2) is 17.1. The number of halogens is 1. The molecule has 0 bridgehead atoms. The highest BCUT2D eigenvalue weighted by Gasteiger charge is 2.36. The second-order valence-corrected chi connectivity index (χ2v) is 12.9. The van der Waals surface area contributed by atoms with E-state index in [1.165, 1.54) is 0 Å². The van der Waals surface area contributed by atoms with E-state index in [9.17, 15) is 14.4 Å². The first kappa shape index (κ1) is 35.9. The fraction of sp³-hybridized carbons (Fsp3) is 0.514. The summed E-state index contributed by atoms with van der Waals surface area (Å²) < 4.78 is 5.51. The molecule has 2 aromatic rings. The van der Waals surface area contributed by atoms with Crippen LogP contribution in [0.2, 0.25) is 5.02 Å². The largest absolute Gasteiger partial charge is 0.444 e. The summed E-state index contributed by atoms with van der Waals surface area (Å²) in [6.45, 7) is 17.6. The summed E-state index contributed by atoms with van der Waals surface area (Å²) in [5.41, 5.74) is 2.04. The van der Waals surface area contributed by atoms with Gasteiger partial charge in [-0.15, -0.1) is 0 Å². The van der Waals surface area contributed by atoms with Gasteiger partial charge in [0, 0.05) is 6.54 Å². The zero-order valence-corrected chi connectivity index (χ0v) is 27.7. The molecule has 0 aliphatic rings. The minimum Gasteiger partial charge on any atom is -0.444 e. The van der Waals surface area contributed by atoms with Crippen LogP contribution in [0.25, 0.3) is 6.08 Å². The summed E-state index contributed by atoms with van der Waals surface area (Å²) >= 11 is 6.49. The number of nitrogens with one attached hydrogen (secondary N) is 2. The number of carbonyl (C=O) groups excluding carboxylic acids is 3. The number of anilines is 1. The van der Waals surface area contributed by atoms with Crippen molar-refractivity contribution >= 4 is 41.3 Å². The summed E-state index contributed by atoms with van der Waals surface area (Å²) in [7, 11) is 0. The van der Waals surface area contributed by atoms with Crippen molar-refractivity contribution in [1.82, 2.24) is 10.2 Å². The van der Waals surface area contributed by atoms with Gasteiger partial charge in [0.05, 0.1) is 10.7 Å². The van der Waals surface area contributed by atoms with E-state index < -0.39 is 23.8 Å². The molecule has 0 aliphatic heterocycles. The van der Waals surface area contributed by atoms with Crippen LogP contribution in [0, 0.1) is 12.8 Å². The maximum Gasteiger partial charge on any atom is 0.408 e. The Hall–Kier alpha value is -3.32. The number of nitrogens with zero attached hydrogens (tertiary/aromatic N) is 1. The van der Waals surface area contributed by atoms with E-state index in [0.29, 0.717) is 35.7 Å². The molecule has 0 aliphatic carbocycles. The minimum atomic E-state index is -0.982. The lowest BCUT2D eigenvalue weighted by Crippen LogP contribution is -2.53. The summed E-state index contributed by atoms with van der Waals surface area (Å²) in [6.07, 6.45) is 6.27. The average molecular weight is 612 g/mol. The van der Waals surface area contributed by atoms with Gasteiger partial charge in [-0.1, -0.05) is 101 Å². The molecule has 0 saturated carbocycles. The number of para-hydroxylation sites is 1. The summed E-state index contributed by atoms with van der Waals surface area (Å²) in [4.78, 5) is 43.2. The van der Waals surface area contributed by atoms with Crippen molar-refractivity contribution in [1.29, 1.82) is 0 Å². The van der Waals surface area contributed by atoms with Gasteiger partial charge in [-0.25, -0.2) is 4.79 Å². The Kier molecular flexibility index (Phi) is 14.3. The first-order chi connectivity index (χ1) is 20.3. The standard InChI is InChI=1S/C35H50ClN3O4/c1-9-11-12-13-14-21-39(33(41)29(22-24(3)4)37-34(42)43-35(6,7)8)31(27-19-16-18-26(10-2)23-27)32(40)38-30-25(5)17-15-20-28(30)36/h10,15-20,23-24,29,31H,2,9,11-14,21-22H2,1,3-8H3,(H,37,42)(H,38,40). The fourth-order valence-electron chi connectivity index (χ4n) is 4.91. The number of ether oxygens (including phenoxy) is 1. The molecule has 3 amide bonds. The second-order valence-electron chi connectivity index (χ2n) is 12.5. The van der Waals surface area contributed by atoms with Crippen LogP contribution in [-0.4, -0.2) is 41.0 Å². The smallest absolute Gasteiger partial charge is 0.408 e. The van der Waals surface area contributed by atoms with E-state index in [2.05, 4.69) is 24.1 Å². The van der Waals surface area contributed by atoms with Crippen molar-refractivity contribution in [2.75, 3.05) is 11.9 Å². The van der Waals surface area contributed by atoms with Crippen LogP contribution in [0.1, 0.15) is 103 Å². The van der Waals surface area contributed by atoms with Gasteiger partial charge >= 0.3 is 6.09 Å². The van der Waals surface area contributed by atoms with Gasteiger partial charge in [-0.05, 0) is 75.3 Å². The molecule has 0 fully saturated rings. The van der Waals surface area contributed by atoms with Crippen molar-refractivity contribution in [2.45, 2.75) is 105 Å².